The van der Waals surface area contributed by atoms with Crippen molar-refractivity contribution in [3.8, 4) is 44.9 Å². The van der Waals surface area contributed by atoms with E-state index in [-0.39, 0.29) is 0 Å². The number of hydrogen-bond donors (Lipinski definition) is 0. The molecule has 222 valence electrons. The summed E-state index contributed by atoms with van der Waals surface area (Å²) in [7, 11) is 0. The summed E-state index contributed by atoms with van der Waals surface area (Å²) in [5, 5.41) is 7.34. The highest BCUT2D eigenvalue weighted by atomic mass is 15.1. The quantitative estimate of drug-likeness (QED) is 0.199. The fourth-order valence-electron chi connectivity index (χ4n) is 8.13. The standard InChI is InChI=1S/C44H26N4/c1-2-9-29(10-3-1)47-39-15-6-4-11-31(39)33-19-17-28(24-42(33)47)27-18-20-41-36(23-27)32-12-5-7-16-40(32)48(41)44-35-14-8-13-34-37-25-45-22-21-30(37)38(26-46-44)43(34)35/h1-26H. The van der Waals surface area contributed by atoms with Gasteiger partial charge in [-0.3, -0.25) is 9.55 Å². The highest BCUT2D eigenvalue weighted by molar-refractivity contribution is 6.18. The summed E-state index contributed by atoms with van der Waals surface area (Å²) in [6, 6.07) is 50.5. The lowest BCUT2D eigenvalue weighted by molar-refractivity contribution is 1.10. The van der Waals surface area contributed by atoms with Gasteiger partial charge in [-0.1, -0.05) is 91.0 Å². The van der Waals surface area contributed by atoms with Crippen molar-refractivity contribution in [1.82, 2.24) is 19.1 Å². The number of hydrogen-bond acceptors (Lipinski definition) is 2. The summed E-state index contributed by atoms with van der Waals surface area (Å²) in [5.74, 6) is 0.948. The lowest BCUT2D eigenvalue weighted by Gasteiger charge is -2.12. The number of nitrogens with zero attached hydrogens (tertiary/aromatic N) is 4. The second-order valence-electron chi connectivity index (χ2n) is 12.6. The molecule has 0 radical (unpaired) electrons. The van der Waals surface area contributed by atoms with Crippen LogP contribution in [0.5, 0.6) is 0 Å². The zero-order valence-electron chi connectivity index (χ0n) is 25.8. The maximum atomic E-state index is 5.17. The molecule has 0 saturated carbocycles. The largest absolute Gasteiger partial charge is 0.309 e. The number of pyridine rings is 2. The molecular weight excluding hydrogens is 585 g/mol. The van der Waals surface area contributed by atoms with Crippen LogP contribution in [-0.2, 0) is 0 Å². The number of benzene rings is 6. The van der Waals surface area contributed by atoms with Gasteiger partial charge in [0.15, 0.2) is 0 Å². The molecular formula is C44H26N4. The van der Waals surface area contributed by atoms with E-state index in [1.54, 1.807) is 0 Å². The van der Waals surface area contributed by atoms with Gasteiger partial charge in [0, 0.05) is 67.7 Å². The SMILES string of the molecule is c1ccc(-n2c3ccccc3c3ccc(-c4ccc5c(c4)c4ccccc4n5-c4ncc5c6c(cccc46)-c4cnccc4-5)cc32)cc1. The Labute approximate surface area is 275 Å². The fourth-order valence-corrected chi connectivity index (χ4v) is 8.13. The van der Waals surface area contributed by atoms with Crippen molar-refractivity contribution in [2.75, 3.05) is 0 Å². The zero-order valence-corrected chi connectivity index (χ0v) is 25.8. The van der Waals surface area contributed by atoms with E-state index in [2.05, 4.69) is 154 Å². The van der Waals surface area contributed by atoms with Crippen molar-refractivity contribution in [3.05, 3.63) is 158 Å². The maximum absolute atomic E-state index is 5.17. The number of fused-ring (bicyclic) bond motifs is 9. The Kier molecular flexibility index (Phi) is 5.08. The van der Waals surface area contributed by atoms with Crippen LogP contribution in [-0.4, -0.2) is 19.1 Å². The van der Waals surface area contributed by atoms with Crippen molar-refractivity contribution in [1.29, 1.82) is 0 Å². The molecule has 6 aromatic carbocycles. The third kappa shape index (κ3) is 3.38. The molecule has 0 spiro atoms. The number of rotatable bonds is 3. The average molecular weight is 611 g/mol. The Bertz CT molecular complexity index is 2920. The molecule has 48 heavy (non-hydrogen) atoms. The molecule has 11 rings (SSSR count). The monoisotopic (exact) mass is 610 g/mol. The van der Waals surface area contributed by atoms with Crippen LogP contribution in [0.1, 0.15) is 0 Å². The third-order valence-corrected chi connectivity index (χ3v) is 10.2. The number of para-hydroxylation sites is 3. The minimum Gasteiger partial charge on any atom is -0.309 e. The van der Waals surface area contributed by atoms with Crippen LogP contribution < -0.4 is 0 Å². The maximum Gasteiger partial charge on any atom is 0.145 e. The molecule has 4 heterocycles. The second kappa shape index (κ2) is 9.50. The predicted octanol–water partition coefficient (Wildman–Crippen LogP) is 11.1. The van der Waals surface area contributed by atoms with Gasteiger partial charge >= 0.3 is 0 Å². The molecule has 0 aliphatic heterocycles. The second-order valence-corrected chi connectivity index (χ2v) is 12.6. The molecule has 1 aliphatic rings. The highest BCUT2D eigenvalue weighted by Crippen LogP contribution is 2.48. The van der Waals surface area contributed by atoms with E-state index < -0.39 is 0 Å². The summed E-state index contributed by atoms with van der Waals surface area (Å²) < 4.78 is 4.73. The molecule has 0 saturated heterocycles. The minimum atomic E-state index is 0.948. The van der Waals surface area contributed by atoms with Gasteiger partial charge in [0.1, 0.15) is 5.82 Å². The van der Waals surface area contributed by atoms with E-state index in [9.17, 15) is 0 Å². The van der Waals surface area contributed by atoms with Crippen molar-refractivity contribution >= 4 is 54.4 Å². The Morgan fingerprint density at radius 3 is 1.96 bits per heavy atom. The van der Waals surface area contributed by atoms with Gasteiger partial charge in [-0.05, 0) is 70.8 Å². The van der Waals surface area contributed by atoms with E-state index in [0.29, 0.717) is 0 Å². The predicted molar refractivity (Wildman–Crippen MR) is 198 cm³/mol. The summed E-state index contributed by atoms with van der Waals surface area (Å²) in [5.41, 5.74) is 13.0. The van der Waals surface area contributed by atoms with E-state index in [1.165, 1.54) is 71.3 Å². The normalized spacial score (nSPS) is 12.2. The highest BCUT2D eigenvalue weighted by Gasteiger charge is 2.25. The van der Waals surface area contributed by atoms with Crippen LogP contribution in [0, 0.1) is 0 Å². The minimum absolute atomic E-state index is 0.948. The van der Waals surface area contributed by atoms with Crippen LogP contribution in [0.4, 0.5) is 0 Å². The molecule has 0 bridgehead atoms. The fraction of sp³-hybridized carbons (Fsp3) is 0. The van der Waals surface area contributed by atoms with Crippen molar-refractivity contribution < 1.29 is 0 Å². The van der Waals surface area contributed by atoms with Gasteiger partial charge in [-0.25, -0.2) is 4.98 Å². The molecule has 0 fully saturated rings. The smallest absolute Gasteiger partial charge is 0.145 e. The topological polar surface area (TPSA) is 35.6 Å². The Balaban J connectivity index is 1.14. The molecule has 4 aromatic heterocycles. The van der Waals surface area contributed by atoms with Gasteiger partial charge in [0.05, 0.1) is 22.1 Å². The first-order valence-corrected chi connectivity index (χ1v) is 16.3. The van der Waals surface area contributed by atoms with Gasteiger partial charge < -0.3 is 4.57 Å². The first-order valence-electron chi connectivity index (χ1n) is 16.3. The van der Waals surface area contributed by atoms with Gasteiger partial charge in [0.2, 0.25) is 0 Å². The van der Waals surface area contributed by atoms with Gasteiger partial charge in [-0.15, -0.1) is 0 Å². The van der Waals surface area contributed by atoms with Crippen molar-refractivity contribution in [2.45, 2.75) is 0 Å². The van der Waals surface area contributed by atoms with E-state index in [4.69, 9.17) is 4.98 Å². The van der Waals surface area contributed by atoms with Gasteiger partial charge in [0.25, 0.3) is 0 Å². The molecule has 10 aromatic rings. The molecule has 0 atom stereocenters. The zero-order chi connectivity index (χ0) is 31.3. The average Bonchev–Trinajstić information content (AvgIpc) is 3.78. The Morgan fingerprint density at radius 2 is 1.08 bits per heavy atom. The van der Waals surface area contributed by atoms with E-state index in [1.807, 2.05) is 18.6 Å². The van der Waals surface area contributed by atoms with E-state index in [0.717, 1.165) is 27.9 Å². The van der Waals surface area contributed by atoms with Crippen LogP contribution >= 0.6 is 0 Å². The number of aromatic nitrogens is 4. The van der Waals surface area contributed by atoms with Crippen LogP contribution in [0.25, 0.3) is 99.3 Å². The van der Waals surface area contributed by atoms with Crippen molar-refractivity contribution in [2.24, 2.45) is 0 Å². The van der Waals surface area contributed by atoms with Crippen LogP contribution in [0.15, 0.2) is 158 Å². The molecule has 0 unspecified atom stereocenters. The lowest BCUT2D eigenvalue weighted by atomic mass is 10.0. The molecule has 0 amide bonds. The van der Waals surface area contributed by atoms with Crippen LogP contribution in [0.3, 0.4) is 0 Å². The van der Waals surface area contributed by atoms with E-state index >= 15 is 0 Å². The molecule has 4 nitrogen and oxygen atoms in total. The summed E-state index contributed by atoms with van der Waals surface area (Å²) in [6.07, 6.45) is 5.89. The first kappa shape index (κ1) is 25.6. The summed E-state index contributed by atoms with van der Waals surface area (Å²) in [4.78, 5) is 9.60. The molecule has 4 heteroatoms. The Hall–Kier alpha value is -6.52. The molecule has 1 aliphatic carbocycles. The lowest BCUT2D eigenvalue weighted by Crippen LogP contribution is -1.99. The first-order chi connectivity index (χ1) is 23.8. The summed E-state index contributed by atoms with van der Waals surface area (Å²) >= 11 is 0. The Morgan fingerprint density at radius 1 is 0.396 bits per heavy atom. The third-order valence-electron chi connectivity index (χ3n) is 10.2. The van der Waals surface area contributed by atoms with Crippen LogP contribution in [0.2, 0.25) is 0 Å². The summed E-state index contributed by atoms with van der Waals surface area (Å²) in [6.45, 7) is 0. The molecule has 0 N–H and O–H groups in total. The van der Waals surface area contributed by atoms with Crippen molar-refractivity contribution in [3.63, 3.8) is 0 Å². The van der Waals surface area contributed by atoms with Gasteiger partial charge in [-0.2, -0.15) is 0 Å².